The molecule has 2 rings (SSSR count). The van der Waals surface area contributed by atoms with Gasteiger partial charge < -0.3 is 20.6 Å². The summed E-state index contributed by atoms with van der Waals surface area (Å²) in [6.07, 6.45) is 11.0. The lowest BCUT2D eigenvalue weighted by Crippen LogP contribution is -2.30. The highest BCUT2D eigenvalue weighted by Crippen LogP contribution is 2.25. The van der Waals surface area contributed by atoms with Crippen molar-refractivity contribution in [2.24, 2.45) is 5.41 Å². The molecule has 2 unspecified atom stereocenters. The normalized spacial score (nSPS) is 18.5. The molecule has 4 nitrogen and oxygen atoms in total. The summed E-state index contributed by atoms with van der Waals surface area (Å²) in [5.41, 5.74) is 2.44. The Balaban J connectivity index is 1.88. The smallest absolute Gasteiger partial charge is 0.121 e. The number of allylic oxidation sites excluding steroid dienone is 5. The SMILES string of the molecule is CC(CC1=CC=CC(C)(C)C=C1)NCC(O)c1ccc(O)c(CO)c1. The molecule has 0 heterocycles. The zero-order valence-corrected chi connectivity index (χ0v) is 15.2. The molecule has 0 saturated heterocycles. The first kappa shape index (κ1) is 19.4. The van der Waals surface area contributed by atoms with Gasteiger partial charge in [-0.15, -0.1) is 0 Å². The monoisotopic (exact) mass is 343 g/mol. The molecule has 0 saturated carbocycles. The van der Waals surface area contributed by atoms with Crippen LogP contribution in [0.1, 0.15) is 44.4 Å². The fraction of sp³-hybridized carbons (Fsp3) is 0.429. The molecule has 0 aromatic heterocycles. The van der Waals surface area contributed by atoms with Crippen molar-refractivity contribution >= 4 is 0 Å². The van der Waals surface area contributed by atoms with Crippen molar-refractivity contribution < 1.29 is 15.3 Å². The molecule has 1 aliphatic rings. The molecule has 1 aliphatic carbocycles. The van der Waals surface area contributed by atoms with Crippen LogP contribution in [0.4, 0.5) is 0 Å². The van der Waals surface area contributed by atoms with Gasteiger partial charge in [-0.05, 0) is 36.6 Å². The van der Waals surface area contributed by atoms with Gasteiger partial charge in [-0.25, -0.2) is 0 Å². The summed E-state index contributed by atoms with van der Waals surface area (Å²) in [5.74, 6) is 0.0443. The van der Waals surface area contributed by atoms with E-state index < -0.39 is 6.10 Å². The maximum absolute atomic E-state index is 10.3. The Bertz CT molecular complexity index is 674. The minimum atomic E-state index is -0.689. The molecule has 0 bridgehead atoms. The summed E-state index contributed by atoms with van der Waals surface area (Å²) in [6.45, 7) is 6.60. The Morgan fingerprint density at radius 1 is 1.20 bits per heavy atom. The maximum atomic E-state index is 10.3. The Kier molecular flexibility index (Phi) is 6.59. The predicted molar refractivity (Wildman–Crippen MR) is 101 cm³/mol. The second kappa shape index (κ2) is 8.48. The summed E-state index contributed by atoms with van der Waals surface area (Å²) in [6, 6.07) is 5.03. The molecule has 0 aliphatic heterocycles. The number of benzene rings is 1. The van der Waals surface area contributed by atoms with E-state index in [9.17, 15) is 15.3 Å². The highest BCUT2D eigenvalue weighted by atomic mass is 16.3. The zero-order valence-electron chi connectivity index (χ0n) is 15.2. The van der Waals surface area contributed by atoms with Crippen molar-refractivity contribution in [3.63, 3.8) is 0 Å². The van der Waals surface area contributed by atoms with Crippen LogP contribution in [0.15, 0.2) is 54.2 Å². The van der Waals surface area contributed by atoms with E-state index in [-0.39, 0.29) is 23.8 Å². The summed E-state index contributed by atoms with van der Waals surface area (Å²) in [7, 11) is 0. The van der Waals surface area contributed by atoms with E-state index in [2.05, 4.69) is 56.5 Å². The van der Waals surface area contributed by atoms with Gasteiger partial charge in [-0.2, -0.15) is 0 Å². The van der Waals surface area contributed by atoms with Gasteiger partial charge in [-0.1, -0.05) is 50.3 Å². The average Bonchev–Trinajstić information content (AvgIpc) is 2.74. The van der Waals surface area contributed by atoms with E-state index in [0.29, 0.717) is 17.7 Å². The highest BCUT2D eigenvalue weighted by Gasteiger charge is 2.14. The van der Waals surface area contributed by atoms with Gasteiger partial charge in [0.25, 0.3) is 0 Å². The van der Waals surface area contributed by atoms with Gasteiger partial charge in [-0.3, -0.25) is 0 Å². The number of aliphatic hydroxyl groups is 2. The third kappa shape index (κ3) is 5.85. The molecule has 0 radical (unpaired) electrons. The number of rotatable bonds is 7. The molecule has 136 valence electrons. The van der Waals surface area contributed by atoms with Crippen molar-refractivity contribution in [3.05, 3.63) is 65.3 Å². The van der Waals surface area contributed by atoms with E-state index in [1.165, 1.54) is 11.6 Å². The first-order valence-corrected chi connectivity index (χ1v) is 8.72. The van der Waals surface area contributed by atoms with E-state index in [1.807, 2.05) is 0 Å². The minimum Gasteiger partial charge on any atom is -0.508 e. The number of aliphatic hydroxyl groups excluding tert-OH is 2. The third-order valence-electron chi connectivity index (χ3n) is 4.42. The van der Waals surface area contributed by atoms with Crippen LogP contribution in [0, 0.1) is 5.41 Å². The van der Waals surface area contributed by atoms with Crippen LogP contribution in [-0.4, -0.2) is 27.9 Å². The van der Waals surface area contributed by atoms with Crippen molar-refractivity contribution in [2.45, 2.75) is 45.9 Å². The van der Waals surface area contributed by atoms with Gasteiger partial charge in [0.15, 0.2) is 0 Å². The average molecular weight is 343 g/mol. The van der Waals surface area contributed by atoms with Crippen molar-refractivity contribution in [2.75, 3.05) is 6.54 Å². The largest absolute Gasteiger partial charge is 0.508 e. The third-order valence-corrected chi connectivity index (χ3v) is 4.42. The van der Waals surface area contributed by atoms with Gasteiger partial charge >= 0.3 is 0 Å². The van der Waals surface area contributed by atoms with Gasteiger partial charge in [0.05, 0.1) is 12.7 Å². The van der Waals surface area contributed by atoms with E-state index in [1.54, 1.807) is 12.1 Å². The summed E-state index contributed by atoms with van der Waals surface area (Å²) >= 11 is 0. The summed E-state index contributed by atoms with van der Waals surface area (Å²) in [4.78, 5) is 0. The maximum Gasteiger partial charge on any atom is 0.121 e. The molecular formula is C21H29NO3. The van der Waals surface area contributed by atoms with Crippen molar-refractivity contribution in [1.82, 2.24) is 5.32 Å². The van der Waals surface area contributed by atoms with Gasteiger partial charge in [0.1, 0.15) is 5.75 Å². The zero-order chi connectivity index (χ0) is 18.4. The lowest BCUT2D eigenvalue weighted by Gasteiger charge is -2.18. The molecule has 1 aromatic rings. The van der Waals surface area contributed by atoms with Crippen LogP contribution < -0.4 is 5.32 Å². The van der Waals surface area contributed by atoms with E-state index >= 15 is 0 Å². The van der Waals surface area contributed by atoms with Crippen LogP contribution in [0.2, 0.25) is 0 Å². The van der Waals surface area contributed by atoms with Crippen LogP contribution in [0.3, 0.4) is 0 Å². The van der Waals surface area contributed by atoms with Crippen LogP contribution in [0.25, 0.3) is 0 Å². The molecule has 4 heteroatoms. The Labute approximate surface area is 150 Å². The number of hydrogen-bond acceptors (Lipinski definition) is 4. The predicted octanol–water partition coefficient (Wildman–Crippen LogP) is 3.36. The molecular weight excluding hydrogens is 314 g/mol. The second-order valence-electron chi connectivity index (χ2n) is 7.33. The number of phenols is 1. The molecule has 4 N–H and O–H groups in total. The molecule has 1 aromatic carbocycles. The number of hydrogen-bond donors (Lipinski definition) is 4. The lowest BCUT2D eigenvalue weighted by atomic mass is 9.93. The first-order valence-electron chi connectivity index (χ1n) is 8.72. The minimum absolute atomic E-state index is 0.0443. The van der Waals surface area contributed by atoms with Gasteiger partial charge in [0.2, 0.25) is 0 Å². The fourth-order valence-corrected chi connectivity index (χ4v) is 2.78. The fourth-order valence-electron chi connectivity index (χ4n) is 2.78. The van der Waals surface area contributed by atoms with E-state index in [4.69, 9.17) is 0 Å². The Morgan fingerprint density at radius 2 is 1.96 bits per heavy atom. The first-order chi connectivity index (χ1) is 11.8. The van der Waals surface area contributed by atoms with Crippen LogP contribution in [-0.2, 0) is 6.61 Å². The van der Waals surface area contributed by atoms with Crippen LogP contribution in [0.5, 0.6) is 5.75 Å². The van der Waals surface area contributed by atoms with Crippen LogP contribution >= 0.6 is 0 Å². The standard InChI is InChI=1S/C21H29NO3/c1-15(11-16-5-4-9-21(2,3)10-8-16)22-13-20(25)17-6-7-19(24)18(12-17)14-23/h4-10,12,15,20,22-25H,11,13-14H2,1-3H3. The van der Waals surface area contributed by atoms with Gasteiger partial charge in [0, 0.05) is 23.6 Å². The molecule has 0 amide bonds. The molecule has 0 fully saturated rings. The quantitative estimate of drug-likeness (QED) is 0.612. The number of nitrogens with one attached hydrogen (secondary N) is 1. The molecule has 0 spiro atoms. The van der Waals surface area contributed by atoms with Crippen molar-refractivity contribution in [1.29, 1.82) is 0 Å². The number of aromatic hydroxyl groups is 1. The second-order valence-corrected chi connectivity index (χ2v) is 7.33. The van der Waals surface area contributed by atoms with Crippen molar-refractivity contribution in [3.8, 4) is 5.75 Å². The molecule has 2 atom stereocenters. The van der Waals surface area contributed by atoms with E-state index in [0.717, 1.165) is 6.42 Å². The Hall–Kier alpha value is -1.88. The Morgan fingerprint density at radius 3 is 2.68 bits per heavy atom. The topological polar surface area (TPSA) is 72.7 Å². The highest BCUT2D eigenvalue weighted by molar-refractivity contribution is 5.36. The summed E-state index contributed by atoms with van der Waals surface area (Å²) < 4.78 is 0. The lowest BCUT2D eigenvalue weighted by molar-refractivity contribution is 0.170. The summed E-state index contributed by atoms with van der Waals surface area (Å²) in [5, 5.41) is 32.5. The molecule has 25 heavy (non-hydrogen) atoms.